The molecule has 1 aliphatic carbocycles. The van der Waals surface area contributed by atoms with Crippen molar-refractivity contribution in [3.05, 3.63) is 0 Å². The zero-order chi connectivity index (χ0) is 11.6. The van der Waals surface area contributed by atoms with Crippen LogP contribution in [0.2, 0.25) is 0 Å². The highest BCUT2D eigenvalue weighted by Gasteiger charge is 2.13. The topological polar surface area (TPSA) is 24.5 Å². The van der Waals surface area contributed by atoms with Gasteiger partial charge in [0.2, 0.25) is 0 Å². The van der Waals surface area contributed by atoms with E-state index in [1.54, 1.807) is 0 Å². The molecule has 0 bridgehead atoms. The van der Waals surface area contributed by atoms with Crippen LogP contribution in [0.25, 0.3) is 0 Å². The van der Waals surface area contributed by atoms with Crippen molar-refractivity contribution in [1.29, 1.82) is 0 Å². The molecule has 3 nitrogen and oxygen atoms in total. The predicted molar refractivity (Wildman–Crippen MR) is 68.8 cm³/mol. The molecule has 0 atom stereocenters. The van der Waals surface area contributed by atoms with Gasteiger partial charge in [0.15, 0.2) is 0 Å². The Morgan fingerprint density at radius 2 is 2.00 bits per heavy atom. The molecule has 3 heteroatoms. The Bertz CT molecular complexity index is 158. The van der Waals surface area contributed by atoms with Crippen molar-refractivity contribution in [1.82, 2.24) is 10.2 Å². The van der Waals surface area contributed by atoms with Gasteiger partial charge in [-0.1, -0.05) is 12.8 Å². The Labute approximate surface area is 101 Å². The maximum absolute atomic E-state index is 5.33. The van der Waals surface area contributed by atoms with Crippen LogP contribution >= 0.6 is 0 Å². The van der Waals surface area contributed by atoms with Gasteiger partial charge in [-0.25, -0.2) is 0 Å². The lowest BCUT2D eigenvalue weighted by molar-refractivity contribution is 0.122. The Balaban J connectivity index is 1.85. The number of nitrogens with one attached hydrogen (secondary N) is 1. The molecule has 0 aliphatic heterocycles. The molecule has 1 fully saturated rings. The van der Waals surface area contributed by atoms with Gasteiger partial charge in [0.25, 0.3) is 0 Å². The monoisotopic (exact) mass is 228 g/mol. The van der Waals surface area contributed by atoms with Crippen LogP contribution in [-0.4, -0.2) is 51.3 Å². The van der Waals surface area contributed by atoms with E-state index in [0.717, 1.165) is 38.8 Å². The molecule has 0 spiro atoms. The molecule has 0 aromatic heterocycles. The minimum Gasteiger partial charge on any atom is -0.380 e. The highest BCUT2D eigenvalue weighted by molar-refractivity contribution is 4.69. The van der Waals surface area contributed by atoms with Crippen LogP contribution < -0.4 is 5.32 Å². The van der Waals surface area contributed by atoms with E-state index in [2.05, 4.69) is 17.3 Å². The lowest BCUT2D eigenvalue weighted by atomic mass is 10.1. The molecule has 16 heavy (non-hydrogen) atoms. The zero-order valence-electron chi connectivity index (χ0n) is 11.0. The molecule has 0 heterocycles. The van der Waals surface area contributed by atoms with Gasteiger partial charge in [0, 0.05) is 26.2 Å². The Hall–Kier alpha value is -0.120. The van der Waals surface area contributed by atoms with E-state index in [1.165, 1.54) is 32.2 Å². The molecule has 1 aliphatic rings. The number of nitrogens with zero attached hydrogens (tertiary/aromatic N) is 1. The predicted octanol–water partition coefficient (Wildman–Crippen LogP) is 1.73. The van der Waals surface area contributed by atoms with E-state index in [0.29, 0.717) is 0 Å². The maximum Gasteiger partial charge on any atom is 0.0593 e. The molecule has 0 radical (unpaired) electrons. The van der Waals surface area contributed by atoms with Crippen molar-refractivity contribution in [3.8, 4) is 0 Å². The first-order chi connectivity index (χ1) is 7.83. The SMILES string of the molecule is CCOCCN(C)CCNCC1CCCC1. The molecule has 0 unspecified atom stereocenters. The minimum atomic E-state index is 0.827. The fourth-order valence-electron chi connectivity index (χ4n) is 2.27. The summed E-state index contributed by atoms with van der Waals surface area (Å²) in [5, 5.41) is 3.57. The smallest absolute Gasteiger partial charge is 0.0593 e. The number of ether oxygens (including phenoxy) is 1. The quantitative estimate of drug-likeness (QED) is 0.608. The molecule has 0 aromatic rings. The average molecular weight is 228 g/mol. The van der Waals surface area contributed by atoms with Crippen molar-refractivity contribution < 1.29 is 4.74 Å². The first-order valence-corrected chi connectivity index (χ1v) is 6.80. The summed E-state index contributed by atoms with van der Waals surface area (Å²) in [6.45, 7) is 8.23. The van der Waals surface area contributed by atoms with Gasteiger partial charge in [0.1, 0.15) is 0 Å². The number of hydrogen-bond donors (Lipinski definition) is 1. The second-order valence-electron chi connectivity index (χ2n) is 4.85. The summed E-state index contributed by atoms with van der Waals surface area (Å²) in [5.74, 6) is 0.953. The van der Waals surface area contributed by atoms with Gasteiger partial charge < -0.3 is 15.0 Å². The first-order valence-electron chi connectivity index (χ1n) is 6.80. The highest BCUT2D eigenvalue weighted by Crippen LogP contribution is 2.23. The van der Waals surface area contributed by atoms with Crippen molar-refractivity contribution in [2.45, 2.75) is 32.6 Å². The zero-order valence-corrected chi connectivity index (χ0v) is 11.0. The largest absolute Gasteiger partial charge is 0.380 e. The minimum absolute atomic E-state index is 0.827. The highest BCUT2D eigenvalue weighted by atomic mass is 16.5. The summed E-state index contributed by atoms with van der Waals surface area (Å²) >= 11 is 0. The molecule has 0 aromatic carbocycles. The van der Waals surface area contributed by atoms with Crippen LogP contribution in [0.1, 0.15) is 32.6 Å². The summed E-state index contributed by atoms with van der Waals surface area (Å²) in [5.41, 5.74) is 0. The lowest BCUT2D eigenvalue weighted by Crippen LogP contribution is -2.33. The molecule has 1 N–H and O–H groups in total. The van der Waals surface area contributed by atoms with Crippen molar-refractivity contribution in [3.63, 3.8) is 0 Å². The van der Waals surface area contributed by atoms with Crippen molar-refractivity contribution in [2.75, 3.05) is 46.4 Å². The molecule has 96 valence electrons. The molecule has 1 rings (SSSR count). The standard InChI is InChI=1S/C13H28N2O/c1-3-16-11-10-15(2)9-8-14-12-13-6-4-5-7-13/h13-14H,3-12H2,1-2H3. The molecule has 0 amide bonds. The third-order valence-electron chi connectivity index (χ3n) is 3.40. The fourth-order valence-corrected chi connectivity index (χ4v) is 2.27. The number of likely N-dealkylation sites (N-methyl/N-ethyl adjacent to an activating group) is 1. The second kappa shape index (κ2) is 8.97. The van der Waals surface area contributed by atoms with E-state index in [9.17, 15) is 0 Å². The second-order valence-corrected chi connectivity index (χ2v) is 4.85. The normalized spacial score (nSPS) is 17.4. The van der Waals surface area contributed by atoms with E-state index >= 15 is 0 Å². The summed E-state index contributed by atoms with van der Waals surface area (Å²) in [6.07, 6.45) is 5.77. The van der Waals surface area contributed by atoms with Crippen LogP contribution in [0.15, 0.2) is 0 Å². The first kappa shape index (κ1) is 13.9. The van der Waals surface area contributed by atoms with Crippen LogP contribution in [-0.2, 0) is 4.74 Å². The van der Waals surface area contributed by atoms with Crippen LogP contribution in [0.5, 0.6) is 0 Å². The fraction of sp³-hybridized carbons (Fsp3) is 1.00. The summed E-state index contributed by atoms with van der Waals surface area (Å²) in [6, 6.07) is 0. The van der Waals surface area contributed by atoms with Crippen molar-refractivity contribution in [2.24, 2.45) is 5.92 Å². The van der Waals surface area contributed by atoms with Gasteiger partial charge in [-0.05, 0) is 39.3 Å². The number of hydrogen-bond acceptors (Lipinski definition) is 3. The Morgan fingerprint density at radius 3 is 2.69 bits per heavy atom. The third-order valence-corrected chi connectivity index (χ3v) is 3.40. The van der Waals surface area contributed by atoms with Gasteiger partial charge in [-0.3, -0.25) is 0 Å². The van der Waals surface area contributed by atoms with E-state index in [-0.39, 0.29) is 0 Å². The summed E-state index contributed by atoms with van der Waals surface area (Å²) < 4.78 is 5.33. The molecular weight excluding hydrogens is 200 g/mol. The van der Waals surface area contributed by atoms with E-state index < -0.39 is 0 Å². The third kappa shape index (κ3) is 6.46. The van der Waals surface area contributed by atoms with Crippen molar-refractivity contribution >= 4 is 0 Å². The van der Waals surface area contributed by atoms with Gasteiger partial charge in [-0.2, -0.15) is 0 Å². The van der Waals surface area contributed by atoms with Crippen LogP contribution in [0, 0.1) is 5.92 Å². The van der Waals surface area contributed by atoms with Gasteiger partial charge in [0.05, 0.1) is 6.61 Å². The average Bonchev–Trinajstić information content (AvgIpc) is 2.78. The maximum atomic E-state index is 5.33. The van der Waals surface area contributed by atoms with Crippen LogP contribution in [0.3, 0.4) is 0 Å². The lowest BCUT2D eigenvalue weighted by Gasteiger charge is -2.17. The van der Waals surface area contributed by atoms with E-state index in [4.69, 9.17) is 4.74 Å². The Morgan fingerprint density at radius 1 is 1.25 bits per heavy atom. The summed E-state index contributed by atoms with van der Waals surface area (Å²) in [7, 11) is 2.16. The van der Waals surface area contributed by atoms with Gasteiger partial charge in [-0.15, -0.1) is 0 Å². The molecule has 1 saturated carbocycles. The molecule has 0 saturated heterocycles. The number of rotatable bonds is 9. The van der Waals surface area contributed by atoms with Crippen LogP contribution in [0.4, 0.5) is 0 Å². The summed E-state index contributed by atoms with van der Waals surface area (Å²) in [4.78, 5) is 2.33. The molecular formula is C13H28N2O. The van der Waals surface area contributed by atoms with Gasteiger partial charge >= 0.3 is 0 Å². The Kier molecular flexibility index (Phi) is 7.81. The van der Waals surface area contributed by atoms with E-state index in [1.807, 2.05) is 6.92 Å².